The van der Waals surface area contributed by atoms with E-state index in [1.54, 1.807) is 24.3 Å². The lowest BCUT2D eigenvalue weighted by atomic mass is 10.0. The van der Waals surface area contributed by atoms with Gasteiger partial charge in [0.05, 0.1) is 16.1 Å². The van der Waals surface area contributed by atoms with Gasteiger partial charge in [0.25, 0.3) is 15.9 Å². The molecule has 3 aromatic rings. The number of aryl methyl sites for hydroxylation is 1. The fourth-order valence-electron chi connectivity index (χ4n) is 4.10. The normalized spacial score (nSPS) is 15.1. The quantitative estimate of drug-likeness (QED) is 0.527. The molecule has 1 fully saturated rings. The van der Waals surface area contributed by atoms with Crippen LogP contribution in [0.5, 0.6) is 0 Å². The highest BCUT2D eigenvalue weighted by atomic mass is 32.2. The molecule has 3 aromatic carbocycles. The number of anilines is 1. The number of carbonyl (C=O) groups is 1. The summed E-state index contributed by atoms with van der Waals surface area (Å²) in [5, 5.41) is 3.05. The van der Waals surface area contributed by atoms with Crippen LogP contribution >= 0.6 is 0 Å². The van der Waals surface area contributed by atoms with Gasteiger partial charge < -0.3 is 5.32 Å². The van der Waals surface area contributed by atoms with Gasteiger partial charge >= 0.3 is 0 Å². The maximum atomic E-state index is 13.6. The van der Waals surface area contributed by atoms with Gasteiger partial charge in [0, 0.05) is 25.7 Å². The zero-order valence-corrected chi connectivity index (χ0v) is 19.8. The average molecular weight is 482 g/mol. The number of piperidine rings is 1. The van der Waals surface area contributed by atoms with Crippen LogP contribution in [-0.4, -0.2) is 38.4 Å². The second-order valence-electron chi connectivity index (χ2n) is 8.57. The van der Waals surface area contributed by atoms with Crippen molar-refractivity contribution in [2.75, 3.05) is 17.8 Å². The smallest absolute Gasteiger partial charge is 0.261 e. The minimum atomic E-state index is -3.98. The predicted octanol–water partition coefficient (Wildman–Crippen LogP) is 4.33. The number of benzene rings is 3. The number of nitrogens with one attached hydrogen (secondary N) is 2. The van der Waals surface area contributed by atoms with Crippen molar-refractivity contribution < 1.29 is 17.6 Å². The summed E-state index contributed by atoms with van der Waals surface area (Å²) in [6, 6.07) is 20.4. The summed E-state index contributed by atoms with van der Waals surface area (Å²) in [5.74, 6) is -0.802. The average Bonchev–Trinajstić information content (AvgIpc) is 2.83. The van der Waals surface area contributed by atoms with Crippen LogP contribution in [0.4, 0.5) is 10.1 Å². The highest BCUT2D eigenvalue weighted by Crippen LogP contribution is 2.22. The first-order valence-electron chi connectivity index (χ1n) is 11.3. The fraction of sp³-hybridized carbons (Fsp3) is 0.269. The Hall–Kier alpha value is -3.23. The third-order valence-electron chi connectivity index (χ3n) is 6.03. The van der Waals surface area contributed by atoms with E-state index in [1.807, 2.05) is 18.2 Å². The second kappa shape index (κ2) is 10.4. The van der Waals surface area contributed by atoms with Crippen molar-refractivity contribution in [3.63, 3.8) is 0 Å². The van der Waals surface area contributed by atoms with Gasteiger partial charge in [-0.05, 0) is 61.2 Å². The van der Waals surface area contributed by atoms with Crippen molar-refractivity contribution in [1.29, 1.82) is 0 Å². The van der Waals surface area contributed by atoms with Crippen LogP contribution in [0.15, 0.2) is 77.7 Å². The minimum absolute atomic E-state index is 0.0175. The third kappa shape index (κ3) is 5.81. The Bertz CT molecular complexity index is 1260. The number of hydrogen-bond acceptors (Lipinski definition) is 4. The van der Waals surface area contributed by atoms with E-state index >= 15 is 0 Å². The molecule has 1 aliphatic heterocycles. The summed E-state index contributed by atoms with van der Waals surface area (Å²) >= 11 is 0. The highest BCUT2D eigenvalue weighted by Gasteiger charge is 2.24. The molecule has 6 nitrogen and oxygen atoms in total. The maximum absolute atomic E-state index is 13.6. The van der Waals surface area contributed by atoms with Gasteiger partial charge in [-0.25, -0.2) is 12.8 Å². The topological polar surface area (TPSA) is 78.5 Å². The summed E-state index contributed by atoms with van der Waals surface area (Å²) in [6.45, 7) is 4.13. The molecule has 0 bridgehead atoms. The molecule has 34 heavy (non-hydrogen) atoms. The van der Waals surface area contributed by atoms with Crippen molar-refractivity contribution in [1.82, 2.24) is 10.2 Å². The summed E-state index contributed by atoms with van der Waals surface area (Å²) in [6.07, 6.45) is 1.64. The summed E-state index contributed by atoms with van der Waals surface area (Å²) in [7, 11) is -3.98. The molecule has 0 aromatic heterocycles. The van der Waals surface area contributed by atoms with Gasteiger partial charge in [0.2, 0.25) is 0 Å². The van der Waals surface area contributed by atoms with Crippen molar-refractivity contribution >= 4 is 21.6 Å². The Morgan fingerprint density at radius 1 is 1.00 bits per heavy atom. The SMILES string of the molecule is Cc1cc(S(=O)(=O)Nc2ccccc2C(=O)NC2CCN(Cc3ccccc3)CC2)ccc1F. The number of para-hydroxylation sites is 1. The Balaban J connectivity index is 1.39. The zero-order valence-electron chi connectivity index (χ0n) is 19.0. The Morgan fingerprint density at radius 3 is 2.38 bits per heavy atom. The number of amides is 1. The Labute approximate surface area is 199 Å². The standard InChI is InChI=1S/C26H28FN3O3S/c1-19-17-22(11-12-24(19)27)34(32,33)29-25-10-6-5-9-23(25)26(31)28-21-13-15-30(16-14-21)18-20-7-3-2-4-8-20/h2-12,17,21,29H,13-16,18H2,1H3,(H,28,31). The molecule has 4 rings (SSSR count). The highest BCUT2D eigenvalue weighted by molar-refractivity contribution is 7.92. The molecule has 0 atom stereocenters. The van der Waals surface area contributed by atoms with Crippen molar-refractivity contribution in [2.45, 2.75) is 37.2 Å². The molecule has 1 amide bonds. The van der Waals surface area contributed by atoms with E-state index in [0.717, 1.165) is 38.5 Å². The molecule has 0 aliphatic carbocycles. The molecular formula is C26H28FN3O3S. The van der Waals surface area contributed by atoms with E-state index in [-0.39, 0.29) is 33.7 Å². The van der Waals surface area contributed by atoms with Gasteiger partial charge in [-0.15, -0.1) is 0 Å². The van der Waals surface area contributed by atoms with Crippen molar-refractivity contribution in [3.05, 3.63) is 95.3 Å². The molecular weight excluding hydrogens is 453 g/mol. The number of nitrogens with zero attached hydrogens (tertiary/aromatic N) is 1. The molecule has 0 spiro atoms. The summed E-state index contributed by atoms with van der Waals surface area (Å²) in [5.41, 5.74) is 1.93. The lowest BCUT2D eigenvalue weighted by molar-refractivity contribution is 0.0910. The molecule has 1 aliphatic rings. The van der Waals surface area contributed by atoms with E-state index < -0.39 is 15.8 Å². The number of sulfonamides is 1. The fourth-order valence-corrected chi connectivity index (χ4v) is 5.26. The van der Waals surface area contributed by atoms with Gasteiger partial charge in [0.1, 0.15) is 5.82 Å². The number of rotatable bonds is 7. The molecule has 0 unspecified atom stereocenters. The van der Waals surface area contributed by atoms with Gasteiger partial charge in [-0.3, -0.25) is 14.4 Å². The van der Waals surface area contributed by atoms with Gasteiger partial charge in [-0.1, -0.05) is 42.5 Å². The molecule has 2 N–H and O–H groups in total. The molecule has 1 heterocycles. The first-order valence-corrected chi connectivity index (χ1v) is 12.8. The van der Waals surface area contributed by atoms with E-state index in [1.165, 1.54) is 24.6 Å². The van der Waals surface area contributed by atoms with Crippen LogP contribution in [0.25, 0.3) is 0 Å². The monoisotopic (exact) mass is 481 g/mol. The second-order valence-corrected chi connectivity index (χ2v) is 10.3. The number of halogens is 1. The van der Waals surface area contributed by atoms with E-state index in [2.05, 4.69) is 27.1 Å². The summed E-state index contributed by atoms with van der Waals surface area (Å²) in [4.78, 5) is 15.3. The maximum Gasteiger partial charge on any atom is 0.261 e. The first-order chi connectivity index (χ1) is 16.3. The van der Waals surface area contributed by atoms with E-state index in [4.69, 9.17) is 0 Å². The summed E-state index contributed by atoms with van der Waals surface area (Å²) < 4.78 is 41.7. The van der Waals surface area contributed by atoms with Crippen LogP contribution in [-0.2, 0) is 16.6 Å². The van der Waals surface area contributed by atoms with Crippen molar-refractivity contribution in [2.24, 2.45) is 0 Å². The first kappa shape index (κ1) is 23.9. The molecule has 0 saturated carbocycles. The number of likely N-dealkylation sites (tertiary alicyclic amines) is 1. The van der Waals surface area contributed by atoms with E-state index in [0.29, 0.717) is 0 Å². The van der Waals surface area contributed by atoms with E-state index in [9.17, 15) is 17.6 Å². The van der Waals surface area contributed by atoms with Crippen LogP contribution in [0, 0.1) is 12.7 Å². The van der Waals surface area contributed by atoms with Crippen LogP contribution < -0.4 is 10.0 Å². The number of carbonyl (C=O) groups excluding carboxylic acids is 1. The zero-order chi connectivity index (χ0) is 24.1. The lowest BCUT2D eigenvalue weighted by Gasteiger charge is -2.32. The Morgan fingerprint density at radius 2 is 1.68 bits per heavy atom. The van der Waals surface area contributed by atoms with Crippen LogP contribution in [0.3, 0.4) is 0 Å². The van der Waals surface area contributed by atoms with Crippen LogP contribution in [0.2, 0.25) is 0 Å². The molecule has 178 valence electrons. The third-order valence-corrected chi connectivity index (χ3v) is 7.39. The minimum Gasteiger partial charge on any atom is -0.349 e. The molecule has 0 radical (unpaired) electrons. The van der Waals surface area contributed by atoms with Gasteiger partial charge in [-0.2, -0.15) is 0 Å². The molecule has 1 saturated heterocycles. The Kier molecular flexibility index (Phi) is 7.29. The molecule has 8 heteroatoms. The largest absolute Gasteiger partial charge is 0.349 e. The lowest BCUT2D eigenvalue weighted by Crippen LogP contribution is -2.44. The van der Waals surface area contributed by atoms with Gasteiger partial charge in [0.15, 0.2) is 0 Å². The van der Waals surface area contributed by atoms with Crippen molar-refractivity contribution in [3.8, 4) is 0 Å². The number of hydrogen-bond donors (Lipinski definition) is 2. The van der Waals surface area contributed by atoms with Crippen LogP contribution in [0.1, 0.15) is 34.3 Å². The predicted molar refractivity (Wildman–Crippen MR) is 131 cm³/mol.